The highest BCUT2D eigenvalue weighted by Gasteiger charge is 2.24. The molecule has 0 saturated heterocycles. The maximum atomic E-state index is 12.3. The molecule has 112 valence electrons. The summed E-state index contributed by atoms with van der Waals surface area (Å²) in [5, 5.41) is 2.74. The van der Waals surface area contributed by atoms with Crippen LogP contribution in [0.25, 0.3) is 0 Å². The molecule has 0 fully saturated rings. The largest absolute Gasteiger partial charge is 0.350 e. The van der Waals surface area contributed by atoms with Crippen LogP contribution in [0.2, 0.25) is 0 Å². The van der Waals surface area contributed by atoms with Crippen LogP contribution < -0.4 is 5.32 Å². The Hall–Kier alpha value is -1.40. The predicted octanol–water partition coefficient (Wildman–Crippen LogP) is 1.53. The van der Waals surface area contributed by atoms with Crippen LogP contribution in [0.1, 0.15) is 26.3 Å². The molecule has 1 N–H and O–H groups in total. The van der Waals surface area contributed by atoms with Crippen molar-refractivity contribution in [1.29, 1.82) is 0 Å². The summed E-state index contributed by atoms with van der Waals surface area (Å²) in [6, 6.07) is 6.55. The number of amides is 1. The first-order valence-electron chi connectivity index (χ1n) is 6.36. The number of aryl methyl sites for hydroxylation is 1. The first kappa shape index (κ1) is 16.7. The molecule has 1 amide bonds. The standard InChI is InChI=1S/C14H22N2O3S/c1-11-6-8-12(9-7-11)20(18,19)16(5)10-13(17)15-14(2,3)4/h6-9H,10H2,1-5H3,(H,15,17). The van der Waals surface area contributed by atoms with Crippen LogP contribution in [0.15, 0.2) is 29.2 Å². The Kier molecular flexibility index (Phi) is 4.94. The number of hydrogen-bond acceptors (Lipinski definition) is 3. The molecule has 0 saturated carbocycles. The van der Waals surface area contributed by atoms with Crippen LogP contribution in [0, 0.1) is 6.92 Å². The van der Waals surface area contributed by atoms with Gasteiger partial charge in [0.25, 0.3) is 0 Å². The molecule has 0 aliphatic heterocycles. The molecule has 0 bridgehead atoms. The van der Waals surface area contributed by atoms with Gasteiger partial charge in [0.15, 0.2) is 0 Å². The first-order chi connectivity index (χ1) is 9.02. The number of benzene rings is 1. The fraction of sp³-hybridized carbons (Fsp3) is 0.500. The van der Waals surface area contributed by atoms with Gasteiger partial charge in [-0.2, -0.15) is 4.31 Å². The minimum Gasteiger partial charge on any atom is -0.350 e. The zero-order valence-electron chi connectivity index (χ0n) is 12.6. The molecule has 0 spiro atoms. The summed E-state index contributed by atoms with van der Waals surface area (Å²) < 4.78 is 25.6. The molecule has 20 heavy (non-hydrogen) atoms. The van der Waals surface area contributed by atoms with E-state index in [1.54, 1.807) is 24.3 Å². The van der Waals surface area contributed by atoms with Crippen molar-refractivity contribution in [3.8, 4) is 0 Å². The summed E-state index contributed by atoms with van der Waals surface area (Å²) in [6.07, 6.45) is 0. The van der Waals surface area contributed by atoms with Crippen molar-refractivity contribution in [3.05, 3.63) is 29.8 Å². The van der Waals surface area contributed by atoms with E-state index in [1.165, 1.54) is 7.05 Å². The van der Waals surface area contributed by atoms with Crippen molar-refractivity contribution in [2.45, 2.75) is 38.1 Å². The fourth-order valence-electron chi connectivity index (χ4n) is 1.64. The molecule has 0 aromatic heterocycles. The molecule has 0 aliphatic rings. The number of sulfonamides is 1. The normalized spacial score (nSPS) is 12.5. The molecule has 0 atom stereocenters. The SMILES string of the molecule is Cc1ccc(S(=O)(=O)N(C)CC(=O)NC(C)(C)C)cc1. The summed E-state index contributed by atoms with van der Waals surface area (Å²) in [7, 11) is -2.23. The van der Waals surface area contributed by atoms with Crippen molar-refractivity contribution in [1.82, 2.24) is 9.62 Å². The Morgan fingerprint density at radius 2 is 1.70 bits per heavy atom. The van der Waals surface area contributed by atoms with Crippen LogP contribution in [-0.4, -0.2) is 37.8 Å². The van der Waals surface area contributed by atoms with E-state index < -0.39 is 10.0 Å². The van der Waals surface area contributed by atoms with Gasteiger partial charge in [0.2, 0.25) is 15.9 Å². The van der Waals surface area contributed by atoms with Crippen LogP contribution >= 0.6 is 0 Å². The van der Waals surface area contributed by atoms with Crippen molar-refractivity contribution < 1.29 is 13.2 Å². The second-order valence-corrected chi connectivity index (χ2v) is 7.92. The highest BCUT2D eigenvalue weighted by molar-refractivity contribution is 7.89. The molecule has 0 heterocycles. The average molecular weight is 298 g/mol. The zero-order chi connectivity index (χ0) is 15.6. The van der Waals surface area contributed by atoms with Gasteiger partial charge in [-0.1, -0.05) is 17.7 Å². The summed E-state index contributed by atoms with van der Waals surface area (Å²) in [5.74, 6) is -0.323. The topological polar surface area (TPSA) is 66.5 Å². The third-order valence-electron chi connectivity index (χ3n) is 2.61. The van der Waals surface area contributed by atoms with Crippen LogP contribution in [0.5, 0.6) is 0 Å². The van der Waals surface area contributed by atoms with Gasteiger partial charge in [-0.05, 0) is 39.8 Å². The number of nitrogens with one attached hydrogen (secondary N) is 1. The van der Waals surface area contributed by atoms with Gasteiger partial charge in [0.05, 0.1) is 11.4 Å². The van der Waals surface area contributed by atoms with E-state index in [1.807, 2.05) is 27.7 Å². The third-order valence-corrected chi connectivity index (χ3v) is 4.43. The van der Waals surface area contributed by atoms with Crippen LogP contribution in [0.3, 0.4) is 0 Å². The molecule has 0 aliphatic carbocycles. The maximum absolute atomic E-state index is 12.3. The molecule has 6 heteroatoms. The highest BCUT2D eigenvalue weighted by atomic mass is 32.2. The highest BCUT2D eigenvalue weighted by Crippen LogP contribution is 2.14. The lowest BCUT2D eigenvalue weighted by molar-refractivity contribution is -0.122. The van der Waals surface area contributed by atoms with E-state index in [4.69, 9.17) is 0 Å². The summed E-state index contributed by atoms with van der Waals surface area (Å²) in [5.41, 5.74) is 0.600. The monoisotopic (exact) mass is 298 g/mol. The van der Waals surface area contributed by atoms with Gasteiger partial charge >= 0.3 is 0 Å². The van der Waals surface area contributed by atoms with Crippen molar-refractivity contribution in [3.63, 3.8) is 0 Å². The van der Waals surface area contributed by atoms with E-state index in [0.717, 1.165) is 9.87 Å². The Balaban J connectivity index is 2.83. The van der Waals surface area contributed by atoms with Gasteiger partial charge in [-0.3, -0.25) is 4.79 Å². The van der Waals surface area contributed by atoms with Gasteiger partial charge in [-0.15, -0.1) is 0 Å². The molecule has 1 aromatic rings. The van der Waals surface area contributed by atoms with Gasteiger partial charge in [0, 0.05) is 12.6 Å². The first-order valence-corrected chi connectivity index (χ1v) is 7.80. The summed E-state index contributed by atoms with van der Waals surface area (Å²) in [4.78, 5) is 12.0. The second-order valence-electron chi connectivity index (χ2n) is 5.87. The van der Waals surface area contributed by atoms with Crippen molar-refractivity contribution in [2.24, 2.45) is 0 Å². The van der Waals surface area contributed by atoms with Gasteiger partial charge in [0.1, 0.15) is 0 Å². The number of hydrogen-bond donors (Lipinski definition) is 1. The second kappa shape index (κ2) is 5.93. The molecular formula is C14H22N2O3S. The van der Waals surface area contributed by atoms with Crippen LogP contribution in [0.4, 0.5) is 0 Å². The fourth-order valence-corrected chi connectivity index (χ4v) is 2.76. The lowest BCUT2D eigenvalue weighted by Gasteiger charge is -2.23. The number of likely N-dealkylation sites (N-methyl/N-ethyl adjacent to an activating group) is 1. The number of rotatable bonds is 4. The smallest absolute Gasteiger partial charge is 0.243 e. The Bertz CT molecular complexity index is 571. The minimum absolute atomic E-state index is 0.189. The predicted molar refractivity (Wildman–Crippen MR) is 78.9 cm³/mol. The Morgan fingerprint density at radius 1 is 1.20 bits per heavy atom. The Labute approximate surface area is 121 Å². The lowest BCUT2D eigenvalue weighted by atomic mass is 10.1. The minimum atomic E-state index is -3.63. The molecule has 0 radical (unpaired) electrons. The van der Waals surface area contributed by atoms with Crippen molar-refractivity contribution in [2.75, 3.05) is 13.6 Å². The summed E-state index contributed by atoms with van der Waals surface area (Å²) >= 11 is 0. The van der Waals surface area contributed by atoms with Crippen LogP contribution in [-0.2, 0) is 14.8 Å². The molecule has 0 unspecified atom stereocenters. The van der Waals surface area contributed by atoms with Crippen molar-refractivity contribution >= 4 is 15.9 Å². The quantitative estimate of drug-likeness (QED) is 0.916. The Morgan fingerprint density at radius 3 is 2.15 bits per heavy atom. The van der Waals surface area contributed by atoms with E-state index in [9.17, 15) is 13.2 Å². The summed E-state index contributed by atoms with van der Waals surface area (Å²) in [6.45, 7) is 7.22. The third kappa shape index (κ3) is 4.61. The number of carbonyl (C=O) groups is 1. The van der Waals surface area contributed by atoms with Gasteiger partial charge < -0.3 is 5.32 Å². The zero-order valence-corrected chi connectivity index (χ0v) is 13.4. The maximum Gasteiger partial charge on any atom is 0.243 e. The molecular weight excluding hydrogens is 276 g/mol. The van der Waals surface area contributed by atoms with E-state index in [-0.39, 0.29) is 22.9 Å². The lowest BCUT2D eigenvalue weighted by Crippen LogP contribution is -2.46. The van der Waals surface area contributed by atoms with E-state index >= 15 is 0 Å². The average Bonchev–Trinajstić information content (AvgIpc) is 2.26. The molecule has 1 rings (SSSR count). The van der Waals surface area contributed by atoms with Gasteiger partial charge in [-0.25, -0.2) is 8.42 Å². The molecule has 5 nitrogen and oxygen atoms in total. The molecule has 1 aromatic carbocycles. The van der Waals surface area contributed by atoms with E-state index in [0.29, 0.717) is 0 Å². The number of nitrogens with zero attached hydrogens (tertiary/aromatic N) is 1. The number of carbonyl (C=O) groups excluding carboxylic acids is 1. The van der Waals surface area contributed by atoms with E-state index in [2.05, 4.69) is 5.32 Å².